The van der Waals surface area contributed by atoms with E-state index in [1.807, 2.05) is 6.07 Å². The minimum atomic E-state index is 0.699. The third-order valence-corrected chi connectivity index (χ3v) is 1.63. The van der Waals surface area contributed by atoms with Gasteiger partial charge in [0.05, 0.1) is 18.9 Å². The summed E-state index contributed by atoms with van der Waals surface area (Å²) in [7, 11) is 0. The van der Waals surface area contributed by atoms with Crippen LogP contribution in [0.2, 0.25) is 0 Å². The van der Waals surface area contributed by atoms with Gasteiger partial charge in [-0.15, -0.1) is 0 Å². The Balaban J connectivity index is 2.41. The van der Waals surface area contributed by atoms with E-state index >= 15 is 0 Å². The van der Waals surface area contributed by atoms with E-state index in [-0.39, 0.29) is 0 Å². The van der Waals surface area contributed by atoms with Crippen molar-refractivity contribution in [1.29, 1.82) is 0 Å². The van der Waals surface area contributed by atoms with E-state index in [0.29, 0.717) is 6.61 Å². The van der Waals surface area contributed by atoms with E-state index in [0.717, 1.165) is 18.7 Å². The molecule has 2 heterocycles. The van der Waals surface area contributed by atoms with Crippen LogP contribution in [0.5, 0.6) is 0 Å². The molecule has 0 fully saturated rings. The molecule has 0 spiro atoms. The molecule has 0 radical (unpaired) electrons. The number of aromatic nitrogens is 2. The van der Waals surface area contributed by atoms with Gasteiger partial charge in [-0.3, -0.25) is 0 Å². The second-order valence-electron chi connectivity index (χ2n) is 2.31. The van der Waals surface area contributed by atoms with E-state index in [4.69, 9.17) is 4.74 Å². The highest BCUT2D eigenvalue weighted by Gasteiger charge is 2.08. The lowest BCUT2D eigenvalue weighted by atomic mass is 10.1. The molecule has 0 N–H and O–H groups in total. The fraction of sp³-hybridized carbons (Fsp3) is 0.429. The molecule has 0 unspecified atom stereocenters. The van der Waals surface area contributed by atoms with Crippen LogP contribution in [0.1, 0.15) is 11.3 Å². The van der Waals surface area contributed by atoms with Crippen molar-refractivity contribution >= 4 is 0 Å². The average molecular weight is 136 g/mol. The molecule has 1 aromatic heterocycles. The number of nitrogens with zero attached hydrogens (tertiary/aromatic N) is 2. The van der Waals surface area contributed by atoms with Crippen LogP contribution in [0.25, 0.3) is 0 Å². The van der Waals surface area contributed by atoms with Gasteiger partial charge in [-0.2, -0.15) is 10.2 Å². The Morgan fingerprint density at radius 3 is 3.40 bits per heavy atom. The minimum Gasteiger partial charge on any atom is -0.376 e. The normalized spacial score (nSPS) is 16.4. The molecule has 0 amide bonds. The first-order valence-electron chi connectivity index (χ1n) is 3.34. The van der Waals surface area contributed by atoms with Gasteiger partial charge in [0.2, 0.25) is 0 Å². The van der Waals surface area contributed by atoms with Crippen molar-refractivity contribution < 1.29 is 4.74 Å². The van der Waals surface area contributed by atoms with Gasteiger partial charge in [-0.1, -0.05) is 0 Å². The van der Waals surface area contributed by atoms with Gasteiger partial charge in [0.1, 0.15) is 0 Å². The molecule has 2 rings (SSSR count). The predicted molar refractivity (Wildman–Crippen MR) is 35.4 cm³/mol. The van der Waals surface area contributed by atoms with Crippen LogP contribution >= 0.6 is 0 Å². The fourth-order valence-electron chi connectivity index (χ4n) is 1.08. The predicted octanol–water partition coefficient (Wildman–Crippen LogP) is 0.549. The van der Waals surface area contributed by atoms with Crippen LogP contribution < -0.4 is 0 Å². The number of ether oxygens (including phenoxy) is 1. The largest absolute Gasteiger partial charge is 0.376 e. The number of hydrogen-bond donors (Lipinski definition) is 0. The van der Waals surface area contributed by atoms with E-state index in [1.54, 1.807) is 6.20 Å². The lowest BCUT2D eigenvalue weighted by molar-refractivity contribution is 0.108. The highest BCUT2D eigenvalue weighted by molar-refractivity contribution is 5.17. The SMILES string of the molecule is c1cc2c(nn1)CCOC2. The summed E-state index contributed by atoms with van der Waals surface area (Å²) < 4.78 is 5.23. The Kier molecular flexibility index (Phi) is 1.36. The van der Waals surface area contributed by atoms with E-state index in [2.05, 4.69) is 10.2 Å². The molecule has 1 aliphatic rings. The van der Waals surface area contributed by atoms with Gasteiger partial charge in [-0.05, 0) is 6.07 Å². The number of hydrogen-bond acceptors (Lipinski definition) is 3. The average Bonchev–Trinajstić information content (AvgIpc) is 2.05. The molecule has 3 heteroatoms. The summed E-state index contributed by atoms with van der Waals surface area (Å²) in [4.78, 5) is 0. The summed E-state index contributed by atoms with van der Waals surface area (Å²) in [6, 6.07) is 1.96. The summed E-state index contributed by atoms with van der Waals surface area (Å²) in [6.45, 7) is 1.48. The van der Waals surface area contributed by atoms with Crippen LogP contribution in [0, 0.1) is 0 Å². The topological polar surface area (TPSA) is 35.0 Å². The first-order valence-corrected chi connectivity index (χ1v) is 3.34. The molecule has 10 heavy (non-hydrogen) atoms. The minimum absolute atomic E-state index is 0.699. The van der Waals surface area contributed by atoms with Crippen molar-refractivity contribution in [1.82, 2.24) is 10.2 Å². The van der Waals surface area contributed by atoms with E-state index in [1.165, 1.54) is 5.56 Å². The molecular weight excluding hydrogens is 128 g/mol. The zero-order valence-corrected chi connectivity index (χ0v) is 5.58. The summed E-state index contributed by atoms with van der Waals surface area (Å²) in [5.74, 6) is 0. The Hall–Kier alpha value is -0.960. The Bertz CT molecular complexity index is 212. The van der Waals surface area contributed by atoms with Gasteiger partial charge in [0.25, 0.3) is 0 Å². The van der Waals surface area contributed by atoms with Gasteiger partial charge in [-0.25, -0.2) is 0 Å². The molecule has 1 aromatic rings. The zero-order chi connectivity index (χ0) is 6.81. The van der Waals surface area contributed by atoms with Crippen LogP contribution in [-0.4, -0.2) is 16.8 Å². The molecule has 0 saturated heterocycles. The van der Waals surface area contributed by atoms with Crippen molar-refractivity contribution in [3.63, 3.8) is 0 Å². The van der Waals surface area contributed by atoms with Crippen LogP contribution in [0.3, 0.4) is 0 Å². The molecular formula is C7H8N2O. The molecule has 0 aromatic carbocycles. The smallest absolute Gasteiger partial charge is 0.0736 e. The highest BCUT2D eigenvalue weighted by Crippen LogP contribution is 2.11. The lowest BCUT2D eigenvalue weighted by Gasteiger charge is -2.12. The summed E-state index contributed by atoms with van der Waals surface area (Å²) >= 11 is 0. The number of fused-ring (bicyclic) bond motifs is 1. The maximum Gasteiger partial charge on any atom is 0.0736 e. The first-order chi connectivity index (χ1) is 4.97. The van der Waals surface area contributed by atoms with E-state index < -0.39 is 0 Å². The van der Waals surface area contributed by atoms with Crippen molar-refractivity contribution in [2.24, 2.45) is 0 Å². The summed E-state index contributed by atoms with van der Waals surface area (Å²) in [5.41, 5.74) is 2.27. The van der Waals surface area contributed by atoms with Gasteiger partial charge in [0.15, 0.2) is 0 Å². The standard InChI is InChI=1S/C7H8N2O/c1-3-8-9-7-2-4-10-5-6(1)7/h1,3H,2,4-5H2. The molecule has 1 aliphatic heterocycles. The van der Waals surface area contributed by atoms with Crippen molar-refractivity contribution in [3.8, 4) is 0 Å². The maximum absolute atomic E-state index is 5.23. The second-order valence-corrected chi connectivity index (χ2v) is 2.31. The third kappa shape index (κ3) is 0.885. The monoisotopic (exact) mass is 136 g/mol. The summed E-state index contributed by atoms with van der Waals surface area (Å²) in [5, 5.41) is 7.78. The van der Waals surface area contributed by atoms with Gasteiger partial charge >= 0.3 is 0 Å². The highest BCUT2D eigenvalue weighted by atomic mass is 16.5. The van der Waals surface area contributed by atoms with Crippen molar-refractivity contribution in [3.05, 3.63) is 23.5 Å². The fourth-order valence-corrected chi connectivity index (χ4v) is 1.08. The second kappa shape index (κ2) is 2.34. The Morgan fingerprint density at radius 1 is 1.50 bits per heavy atom. The van der Waals surface area contributed by atoms with E-state index in [9.17, 15) is 0 Å². The van der Waals surface area contributed by atoms with Gasteiger partial charge < -0.3 is 4.74 Å². The van der Waals surface area contributed by atoms with Crippen molar-refractivity contribution in [2.75, 3.05) is 6.61 Å². The van der Waals surface area contributed by atoms with Crippen LogP contribution in [0.15, 0.2) is 12.3 Å². The summed E-state index contributed by atoms with van der Waals surface area (Å²) in [6.07, 6.45) is 2.61. The zero-order valence-electron chi connectivity index (χ0n) is 5.58. The number of rotatable bonds is 0. The van der Waals surface area contributed by atoms with Crippen LogP contribution in [0.4, 0.5) is 0 Å². The lowest BCUT2D eigenvalue weighted by Crippen LogP contribution is -2.11. The molecule has 0 bridgehead atoms. The molecule has 3 nitrogen and oxygen atoms in total. The Labute approximate surface area is 59.0 Å². The van der Waals surface area contributed by atoms with Crippen LogP contribution in [-0.2, 0) is 17.8 Å². The third-order valence-electron chi connectivity index (χ3n) is 1.63. The molecule has 52 valence electrons. The molecule has 0 saturated carbocycles. The molecule has 0 atom stereocenters. The first kappa shape index (κ1) is 5.80. The molecule has 0 aliphatic carbocycles. The van der Waals surface area contributed by atoms with Gasteiger partial charge in [0, 0.05) is 18.2 Å². The van der Waals surface area contributed by atoms with Crippen molar-refractivity contribution in [2.45, 2.75) is 13.0 Å². The quantitative estimate of drug-likeness (QED) is 0.522. The maximum atomic E-state index is 5.23. The Morgan fingerprint density at radius 2 is 2.50 bits per heavy atom.